The summed E-state index contributed by atoms with van der Waals surface area (Å²) in [6, 6.07) is 5.90. The highest BCUT2D eigenvalue weighted by atomic mass is 35.5. The van der Waals surface area contributed by atoms with E-state index in [4.69, 9.17) is 11.6 Å². The minimum absolute atomic E-state index is 0.430. The van der Waals surface area contributed by atoms with Gasteiger partial charge in [-0.15, -0.1) is 0 Å². The molecule has 1 aliphatic carbocycles. The van der Waals surface area contributed by atoms with Crippen LogP contribution in [0.15, 0.2) is 18.2 Å². The number of nitrogens with one attached hydrogen (secondary N) is 1. The van der Waals surface area contributed by atoms with Gasteiger partial charge in [0, 0.05) is 6.54 Å². The van der Waals surface area contributed by atoms with Gasteiger partial charge in [-0.25, -0.2) is 4.98 Å². The van der Waals surface area contributed by atoms with Crippen molar-refractivity contribution in [2.45, 2.75) is 39.0 Å². The van der Waals surface area contributed by atoms with Crippen LogP contribution in [0, 0.1) is 5.41 Å². The van der Waals surface area contributed by atoms with Crippen molar-refractivity contribution in [2.24, 2.45) is 5.41 Å². The SMILES string of the molecule is CC1(CNc2nc3cccc(Cl)c3s2)CCCCC1. The van der Waals surface area contributed by atoms with Crippen molar-refractivity contribution < 1.29 is 0 Å². The van der Waals surface area contributed by atoms with Crippen LogP contribution in [0.2, 0.25) is 5.02 Å². The predicted octanol–water partition coefficient (Wildman–Crippen LogP) is 5.33. The molecule has 4 heteroatoms. The lowest BCUT2D eigenvalue weighted by molar-refractivity contribution is 0.233. The lowest BCUT2D eigenvalue weighted by Gasteiger charge is -2.33. The largest absolute Gasteiger partial charge is 0.361 e. The molecule has 19 heavy (non-hydrogen) atoms. The first-order chi connectivity index (χ1) is 9.16. The first kappa shape index (κ1) is 13.2. The summed E-state index contributed by atoms with van der Waals surface area (Å²) in [4.78, 5) is 4.61. The van der Waals surface area contributed by atoms with Crippen LogP contribution < -0.4 is 5.32 Å². The van der Waals surface area contributed by atoms with Crippen molar-refractivity contribution in [1.29, 1.82) is 0 Å². The Bertz CT molecular complexity index is 573. The molecule has 1 saturated carbocycles. The van der Waals surface area contributed by atoms with Crippen molar-refractivity contribution >= 4 is 38.3 Å². The van der Waals surface area contributed by atoms with Gasteiger partial charge in [0.1, 0.15) is 0 Å². The third-order valence-electron chi connectivity index (χ3n) is 4.09. The third kappa shape index (κ3) is 2.87. The van der Waals surface area contributed by atoms with Crippen LogP contribution in [0.5, 0.6) is 0 Å². The zero-order chi connectivity index (χ0) is 13.3. The van der Waals surface area contributed by atoms with E-state index in [1.165, 1.54) is 32.1 Å². The van der Waals surface area contributed by atoms with Crippen molar-refractivity contribution in [3.8, 4) is 0 Å². The van der Waals surface area contributed by atoms with Crippen LogP contribution >= 0.6 is 22.9 Å². The van der Waals surface area contributed by atoms with Gasteiger partial charge in [-0.3, -0.25) is 0 Å². The van der Waals surface area contributed by atoms with E-state index in [9.17, 15) is 0 Å². The number of benzene rings is 1. The van der Waals surface area contributed by atoms with E-state index in [0.29, 0.717) is 5.41 Å². The molecule has 1 heterocycles. The highest BCUT2D eigenvalue weighted by molar-refractivity contribution is 7.22. The summed E-state index contributed by atoms with van der Waals surface area (Å²) in [5.74, 6) is 0. The summed E-state index contributed by atoms with van der Waals surface area (Å²) in [6.45, 7) is 3.41. The molecule has 0 spiro atoms. The summed E-state index contributed by atoms with van der Waals surface area (Å²) in [7, 11) is 0. The topological polar surface area (TPSA) is 24.9 Å². The Labute approximate surface area is 123 Å². The number of anilines is 1. The van der Waals surface area contributed by atoms with E-state index < -0.39 is 0 Å². The Hall–Kier alpha value is -0.800. The third-order valence-corrected chi connectivity index (χ3v) is 5.58. The predicted molar refractivity (Wildman–Crippen MR) is 84.3 cm³/mol. The zero-order valence-corrected chi connectivity index (χ0v) is 12.8. The van der Waals surface area contributed by atoms with Gasteiger partial charge in [-0.1, -0.05) is 55.2 Å². The Morgan fingerprint density at radius 1 is 1.32 bits per heavy atom. The van der Waals surface area contributed by atoms with Gasteiger partial charge in [0.05, 0.1) is 15.2 Å². The summed E-state index contributed by atoms with van der Waals surface area (Å²) in [5, 5.41) is 5.31. The second-order valence-electron chi connectivity index (χ2n) is 5.83. The highest BCUT2D eigenvalue weighted by Crippen LogP contribution is 2.37. The lowest BCUT2D eigenvalue weighted by atomic mass is 9.76. The van der Waals surface area contributed by atoms with E-state index >= 15 is 0 Å². The maximum atomic E-state index is 6.19. The second-order valence-corrected chi connectivity index (χ2v) is 7.24. The van der Waals surface area contributed by atoms with Crippen molar-refractivity contribution in [1.82, 2.24) is 4.98 Å². The average Bonchev–Trinajstić information content (AvgIpc) is 2.82. The number of hydrogen-bond donors (Lipinski definition) is 1. The number of thiazole rings is 1. The molecular formula is C15H19ClN2S. The molecule has 0 saturated heterocycles. The summed E-state index contributed by atoms with van der Waals surface area (Å²) < 4.78 is 1.08. The minimum Gasteiger partial charge on any atom is -0.361 e. The fourth-order valence-corrected chi connectivity index (χ4v) is 4.01. The first-order valence-corrected chi connectivity index (χ1v) is 8.15. The van der Waals surface area contributed by atoms with Crippen LogP contribution in [0.3, 0.4) is 0 Å². The molecule has 1 aromatic carbocycles. The quantitative estimate of drug-likeness (QED) is 0.827. The Morgan fingerprint density at radius 2 is 2.11 bits per heavy atom. The number of fused-ring (bicyclic) bond motifs is 1. The molecular weight excluding hydrogens is 276 g/mol. The molecule has 1 fully saturated rings. The van der Waals surface area contributed by atoms with E-state index in [1.54, 1.807) is 11.3 Å². The average molecular weight is 295 g/mol. The molecule has 1 N–H and O–H groups in total. The molecule has 0 amide bonds. The van der Waals surface area contributed by atoms with Crippen LogP contribution in [0.4, 0.5) is 5.13 Å². The van der Waals surface area contributed by atoms with E-state index in [2.05, 4.69) is 17.2 Å². The minimum atomic E-state index is 0.430. The number of halogens is 1. The lowest BCUT2D eigenvalue weighted by Crippen LogP contribution is -2.28. The van der Waals surface area contributed by atoms with Crippen molar-refractivity contribution in [3.63, 3.8) is 0 Å². The van der Waals surface area contributed by atoms with Crippen LogP contribution in [-0.2, 0) is 0 Å². The molecule has 2 aromatic rings. The Morgan fingerprint density at radius 3 is 2.84 bits per heavy atom. The molecule has 2 nitrogen and oxygen atoms in total. The van der Waals surface area contributed by atoms with E-state index in [-0.39, 0.29) is 0 Å². The molecule has 0 unspecified atom stereocenters. The number of hydrogen-bond acceptors (Lipinski definition) is 3. The van der Waals surface area contributed by atoms with E-state index in [1.807, 2.05) is 18.2 Å². The van der Waals surface area contributed by atoms with Gasteiger partial charge in [0.2, 0.25) is 0 Å². The highest BCUT2D eigenvalue weighted by Gasteiger charge is 2.26. The summed E-state index contributed by atoms with van der Waals surface area (Å²) in [5.41, 5.74) is 1.42. The van der Waals surface area contributed by atoms with E-state index in [0.717, 1.165) is 26.9 Å². The van der Waals surface area contributed by atoms with Gasteiger partial charge in [-0.05, 0) is 30.4 Å². The second kappa shape index (κ2) is 5.29. The van der Waals surface area contributed by atoms with Gasteiger partial charge < -0.3 is 5.32 Å². The molecule has 0 aliphatic heterocycles. The van der Waals surface area contributed by atoms with Crippen LogP contribution in [0.1, 0.15) is 39.0 Å². The maximum Gasteiger partial charge on any atom is 0.183 e. The standard InChI is InChI=1S/C15H19ClN2S/c1-15(8-3-2-4-9-15)10-17-14-18-12-7-5-6-11(16)13(12)19-14/h5-7H,2-4,8-10H2,1H3,(H,17,18). The Balaban J connectivity index is 1.73. The molecule has 1 aromatic heterocycles. The van der Waals surface area contributed by atoms with Gasteiger partial charge >= 0.3 is 0 Å². The molecule has 0 atom stereocenters. The Kier molecular flexibility index (Phi) is 3.68. The first-order valence-electron chi connectivity index (χ1n) is 6.95. The molecule has 1 aliphatic rings. The van der Waals surface area contributed by atoms with Crippen molar-refractivity contribution in [2.75, 3.05) is 11.9 Å². The smallest absolute Gasteiger partial charge is 0.183 e. The number of rotatable bonds is 3. The maximum absolute atomic E-state index is 6.19. The molecule has 0 radical (unpaired) electrons. The normalized spacial score (nSPS) is 18.6. The van der Waals surface area contributed by atoms with Gasteiger partial charge in [-0.2, -0.15) is 0 Å². The molecule has 3 rings (SSSR count). The summed E-state index contributed by atoms with van der Waals surface area (Å²) >= 11 is 7.85. The fourth-order valence-electron chi connectivity index (χ4n) is 2.86. The van der Waals surface area contributed by atoms with Gasteiger partial charge in [0.25, 0.3) is 0 Å². The molecule has 102 valence electrons. The zero-order valence-electron chi connectivity index (χ0n) is 11.2. The van der Waals surface area contributed by atoms with Crippen LogP contribution in [0.25, 0.3) is 10.2 Å². The number of nitrogens with zero attached hydrogens (tertiary/aromatic N) is 1. The molecule has 0 bridgehead atoms. The van der Waals surface area contributed by atoms with Gasteiger partial charge in [0.15, 0.2) is 5.13 Å². The number of aromatic nitrogens is 1. The summed E-state index contributed by atoms with van der Waals surface area (Å²) in [6.07, 6.45) is 6.78. The fraction of sp³-hybridized carbons (Fsp3) is 0.533. The van der Waals surface area contributed by atoms with Crippen molar-refractivity contribution in [3.05, 3.63) is 23.2 Å². The monoisotopic (exact) mass is 294 g/mol. The van der Waals surface area contributed by atoms with Crippen LogP contribution in [-0.4, -0.2) is 11.5 Å².